The van der Waals surface area contributed by atoms with Crippen LogP contribution in [0.15, 0.2) is 47.4 Å². The summed E-state index contributed by atoms with van der Waals surface area (Å²) in [6.45, 7) is 5.85. The fourth-order valence-electron chi connectivity index (χ4n) is 2.57. The molecule has 0 spiro atoms. The first-order valence-corrected chi connectivity index (χ1v) is 8.45. The van der Waals surface area contributed by atoms with E-state index in [1.165, 1.54) is 0 Å². The van der Waals surface area contributed by atoms with Gasteiger partial charge in [0, 0.05) is 6.42 Å². The van der Waals surface area contributed by atoms with Gasteiger partial charge in [-0.2, -0.15) is 0 Å². The first-order chi connectivity index (χ1) is 10.5. The lowest BCUT2D eigenvalue weighted by Gasteiger charge is -2.11. The van der Waals surface area contributed by atoms with Gasteiger partial charge < -0.3 is 0 Å². The second-order valence-corrected chi connectivity index (χ2v) is 6.66. The van der Waals surface area contributed by atoms with Gasteiger partial charge in [-0.1, -0.05) is 48.0 Å². The van der Waals surface area contributed by atoms with E-state index in [1.807, 2.05) is 63.2 Å². The van der Waals surface area contributed by atoms with E-state index in [0.29, 0.717) is 17.7 Å². The average Bonchev–Trinajstić information content (AvgIpc) is 2.45. The maximum absolute atomic E-state index is 12.4. The van der Waals surface area contributed by atoms with Crippen molar-refractivity contribution in [2.24, 2.45) is 0 Å². The molecule has 0 aliphatic heterocycles. The molecular weight excluding hydrogens is 294 g/mol. The zero-order valence-corrected chi connectivity index (χ0v) is 14.0. The molecule has 2 rings (SSSR count). The molecule has 1 atom stereocenters. The molecule has 1 amide bonds. The quantitative estimate of drug-likeness (QED) is 0.919. The van der Waals surface area contributed by atoms with Gasteiger partial charge in [-0.05, 0) is 43.9 Å². The minimum atomic E-state index is -1.50. The van der Waals surface area contributed by atoms with Crippen LogP contribution in [-0.4, -0.2) is 10.1 Å². The van der Waals surface area contributed by atoms with Gasteiger partial charge in [0.1, 0.15) is 0 Å². The van der Waals surface area contributed by atoms with E-state index in [1.54, 1.807) is 0 Å². The van der Waals surface area contributed by atoms with E-state index in [-0.39, 0.29) is 5.91 Å². The predicted molar refractivity (Wildman–Crippen MR) is 90.0 cm³/mol. The Hall–Kier alpha value is -1.94. The second kappa shape index (κ2) is 7.36. The Balaban J connectivity index is 1.99. The SMILES string of the molecule is Cc1cc(C)c(S(=O)NC(=O)CCc2ccccc2)c(C)c1. The van der Waals surface area contributed by atoms with Crippen molar-refractivity contribution in [3.8, 4) is 0 Å². The number of hydrogen-bond donors (Lipinski definition) is 1. The molecule has 2 aromatic carbocycles. The van der Waals surface area contributed by atoms with Crippen molar-refractivity contribution in [3.63, 3.8) is 0 Å². The van der Waals surface area contributed by atoms with Crippen LogP contribution in [-0.2, 0) is 22.2 Å². The molecule has 0 radical (unpaired) electrons. The smallest absolute Gasteiger partial charge is 0.232 e. The third kappa shape index (κ3) is 4.28. The van der Waals surface area contributed by atoms with Crippen LogP contribution in [0.1, 0.15) is 28.7 Å². The molecule has 2 aromatic rings. The summed E-state index contributed by atoms with van der Waals surface area (Å²) in [6.07, 6.45) is 0.982. The van der Waals surface area contributed by atoms with Gasteiger partial charge in [-0.15, -0.1) is 0 Å². The lowest BCUT2D eigenvalue weighted by Crippen LogP contribution is -2.26. The molecule has 0 saturated carbocycles. The van der Waals surface area contributed by atoms with Crippen LogP contribution >= 0.6 is 0 Å². The highest BCUT2D eigenvalue weighted by Crippen LogP contribution is 2.19. The van der Waals surface area contributed by atoms with Crippen LogP contribution in [0.3, 0.4) is 0 Å². The molecule has 0 aliphatic rings. The van der Waals surface area contributed by atoms with Crippen molar-refractivity contribution < 1.29 is 9.00 Å². The standard InChI is InChI=1S/C18H21NO2S/c1-13-11-14(2)18(15(3)12-13)22(21)19-17(20)10-9-16-7-5-4-6-8-16/h4-8,11-12H,9-10H2,1-3H3,(H,19,20). The molecule has 0 saturated heterocycles. The zero-order valence-electron chi connectivity index (χ0n) is 13.2. The zero-order chi connectivity index (χ0) is 16.1. The molecule has 4 heteroatoms. The first-order valence-electron chi connectivity index (χ1n) is 7.30. The Morgan fingerprint density at radius 2 is 1.64 bits per heavy atom. The summed E-state index contributed by atoms with van der Waals surface area (Å²) >= 11 is 0. The molecular formula is C18H21NO2S. The predicted octanol–water partition coefficient (Wildman–Crippen LogP) is 3.38. The van der Waals surface area contributed by atoms with Crippen molar-refractivity contribution in [1.29, 1.82) is 0 Å². The van der Waals surface area contributed by atoms with Crippen molar-refractivity contribution in [2.45, 2.75) is 38.5 Å². The number of amides is 1. The Morgan fingerprint density at radius 1 is 1.05 bits per heavy atom. The summed E-state index contributed by atoms with van der Waals surface area (Å²) in [7, 11) is -1.50. The number of nitrogens with one attached hydrogen (secondary N) is 1. The number of carbonyl (C=O) groups excluding carboxylic acids is 1. The van der Waals surface area contributed by atoms with Crippen LogP contribution in [0.5, 0.6) is 0 Å². The molecule has 0 aromatic heterocycles. The Morgan fingerprint density at radius 3 is 2.23 bits per heavy atom. The van der Waals surface area contributed by atoms with Crippen LogP contribution < -0.4 is 4.72 Å². The van der Waals surface area contributed by atoms with Crippen LogP contribution in [0, 0.1) is 20.8 Å². The summed E-state index contributed by atoms with van der Waals surface area (Å²) in [5.74, 6) is -0.193. The second-order valence-electron chi connectivity index (χ2n) is 5.51. The van der Waals surface area contributed by atoms with Crippen LogP contribution in [0.2, 0.25) is 0 Å². The minimum Gasteiger partial charge on any atom is -0.274 e. The number of aryl methyl sites for hydroxylation is 4. The van der Waals surface area contributed by atoms with Gasteiger partial charge in [-0.3, -0.25) is 9.52 Å². The molecule has 0 fully saturated rings. The van der Waals surface area contributed by atoms with Crippen molar-refractivity contribution >= 4 is 16.9 Å². The van der Waals surface area contributed by atoms with E-state index >= 15 is 0 Å². The minimum absolute atomic E-state index is 0.193. The van der Waals surface area contributed by atoms with Crippen LogP contribution in [0.25, 0.3) is 0 Å². The van der Waals surface area contributed by atoms with Gasteiger partial charge in [0.2, 0.25) is 5.91 Å². The fourth-order valence-corrected chi connectivity index (χ4v) is 3.68. The highest BCUT2D eigenvalue weighted by atomic mass is 32.2. The lowest BCUT2D eigenvalue weighted by atomic mass is 10.1. The fraction of sp³-hybridized carbons (Fsp3) is 0.278. The third-order valence-electron chi connectivity index (χ3n) is 3.48. The summed E-state index contributed by atoms with van der Waals surface area (Å²) in [5.41, 5.74) is 4.12. The first kappa shape index (κ1) is 16.4. The highest BCUT2D eigenvalue weighted by molar-refractivity contribution is 7.83. The molecule has 1 unspecified atom stereocenters. The normalized spacial score (nSPS) is 12.0. The van der Waals surface area contributed by atoms with Crippen LogP contribution in [0.4, 0.5) is 0 Å². The van der Waals surface area contributed by atoms with Crippen molar-refractivity contribution in [3.05, 3.63) is 64.7 Å². The molecule has 0 aliphatic carbocycles. The van der Waals surface area contributed by atoms with E-state index in [9.17, 15) is 9.00 Å². The van der Waals surface area contributed by atoms with Gasteiger partial charge >= 0.3 is 0 Å². The number of hydrogen-bond acceptors (Lipinski definition) is 2. The molecule has 1 N–H and O–H groups in total. The molecule has 3 nitrogen and oxygen atoms in total. The lowest BCUT2D eigenvalue weighted by molar-refractivity contribution is -0.119. The highest BCUT2D eigenvalue weighted by Gasteiger charge is 2.14. The maximum atomic E-state index is 12.4. The monoisotopic (exact) mass is 315 g/mol. The van der Waals surface area contributed by atoms with Crippen molar-refractivity contribution in [2.75, 3.05) is 0 Å². The number of benzene rings is 2. The largest absolute Gasteiger partial charge is 0.274 e. The Labute approximate surface area is 134 Å². The van der Waals surface area contributed by atoms with Gasteiger partial charge in [0.25, 0.3) is 0 Å². The summed E-state index contributed by atoms with van der Waals surface area (Å²) in [4.78, 5) is 12.7. The average molecular weight is 315 g/mol. The number of rotatable bonds is 5. The molecule has 0 bridgehead atoms. The summed E-state index contributed by atoms with van der Waals surface area (Å²) in [5, 5.41) is 0. The van der Waals surface area contributed by atoms with E-state index in [0.717, 1.165) is 22.3 Å². The molecule has 22 heavy (non-hydrogen) atoms. The number of carbonyl (C=O) groups is 1. The molecule has 0 heterocycles. The van der Waals surface area contributed by atoms with E-state index < -0.39 is 11.0 Å². The summed E-state index contributed by atoms with van der Waals surface area (Å²) in [6, 6.07) is 13.8. The van der Waals surface area contributed by atoms with E-state index in [2.05, 4.69) is 4.72 Å². The van der Waals surface area contributed by atoms with Crippen molar-refractivity contribution in [1.82, 2.24) is 4.72 Å². The van der Waals surface area contributed by atoms with Gasteiger partial charge in [-0.25, -0.2) is 4.21 Å². The topological polar surface area (TPSA) is 46.2 Å². The summed E-state index contributed by atoms with van der Waals surface area (Å²) < 4.78 is 15.0. The van der Waals surface area contributed by atoms with Gasteiger partial charge in [0.15, 0.2) is 11.0 Å². The Kier molecular flexibility index (Phi) is 5.50. The van der Waals surface area contributed by atoms with Gasteiger partial charge in [0.05, 0.1) is 4.90 Å². The Bertz CT molecular complexity index is 672. The van der Waals surface area contributed by atoms with E-state index in [4.69, 9.17) is 0 Å². The maximum Gasteiger partial charge on any atom is 0.232 e. The molecule has 116 valence electrons. The third-order valence-corrected chi connectivity index (χ3v) is 4.91.